The van der Waals surface area contributed by atoms with Gasteiger partial charge in [-0.25, -0.2) is 4.79 Å². The topological polar surface area (TPSA) is 70.2 Å². The monoisotopic (exact) mass is 311 g/mol. The van der Waals surface area contributed by atoms with Crippen molar-refractivity contribution in [3.8, 4) is 0 Å². The summed E-state index contributed by atoms with van der Waals surface area (Å²) in [5.74, 6) is -0.111. The minimum absolute atomic E-state index is 0.111. The van der Waals surface area contributed by atoms with Crippen LogP contribution in [0.25, 0.3) is 0 Å². The third kappa shape index (κ3) is 5.14. The average Bonchev–Trinajstić information content (AvgIpc) is 2.56. The average molecular weight is 311 g/mol. The molecule has 0 fully saturated rings. The van der Waals surface area contributed by atoms with Crippen molar-refractivity contribution in [3.63, 3.8) is 0 Å². The Morgan fingerprint density at radius 1 is 0.913 bits per heavy atom. The molecule has 0 saturated heterocycles. The van der Waals surface area contributed by atoms with Gasteiger partial charge in [0.1, 0.15) is 0 Å². The second-order valence-electron chi connectivity index (χ2n) is 5.31. The molecule has 120 valence electrons. The van der Waals surface area contributed by atoms with Crippen LogP contribution >= 0.6 is 0 Å². The van der Waals surface area contributed by atoms with Crippen LogP contribution in [0.5, 0.6) is 0 Å². The first-order valence-electron chi connectivity index (χ1n) is 7.62. The van der Waals surface area contributed by atoms with Crippen LogP contribution in [0.2, 0.25) is 0 Å². The highest BCUT2D eigenvalue weighted by molar-refractivity contribution is 6.00. The number of carbonyl (C=O) groups is 2. The lowest BCUT2D eigenvalue weighted by Crippen LogP contribution is -2.31. The summed E-state index contributed by atoms with van der Waals surface area (Å²) in [5.41, 5.74) is 1.91. The molecule has 3 N–H and O–H groups in total. The summed E-state index contributed by atoms with van der Waals surface area (Å²) in [6.45, 7) is 3.98. The van der Waals surface area contributed by atoms with Gasteiger partial charge in [-0.1, -0.05) is 25.1 Å². The van der Waals surface area contributed by atoms with Crippen molar-refractivity contribution in [2.75, 3.05) is 10.6 Å². The molecule has 0 aliphatic rings. The van der Waals surface area contributed by atoms with Crippen LogP contribution < -0.4 is 16.0 Å². The van der Waals surface area contributed by atoms with Gasteiger partial charge in [-0.3, -0.25) is 4.79 Å². The second kappa shape index (κ2) is 7.98. The Morgan fingerprint density at radius 2 is 1.48 bits per heavy atom. The van der Waals surface area contributed by atoms with Crippen LogP contribution in [0.1, 0.15) is 30.6 Å². The maximum absolute atomic E-state index is 12.0. The fourth-order valence-corrected chi connectivity index (χ4v) is 1.93. The summed E-state index contributed by atoms with van der Waals surface area (Å²) in [6.07, 6.45) is 0.880. The highest BCUT2D eigenvalue weighted by Gasteiger charge is 2.09. The molecule has 3 amide bonds. The zero-order valence-electron chi connectivity index (χ0n) is 13.3. The van der Waals surface area contributed by atoms with Crippen LogP contribution in [-0.4, -0.2) is 18.0 Å². The molecule has 0 heterocycles. The van der Waals surface area contributed by atoms with E-state index >= 15 is 0 Å². The van der Waals surface area contributed by atoms with Crippen LogP contribution in [-0.2, 0) is 0 Å². The van der Waals surface area contributed by atoms with Gasteiger partial charge in [-0.05, 0) is 49.7 Å². The molecule has 2 aromatic rings. The lowest BCUT2D eigenvalue weighted by Gasteiger charge is -2.12. The van der Waals surface area contributed by atoms with Crippen LogP contribution in [0.3, 0.4) is 0 Å². The van der Waals surface area contributed by atoms with E-state index < -0.39 is 0 Å². The molecule has 1 atom stereocenters. The number of rotatable bonds is 5. The van der Waals surface area contributed by atoms with Gasteiger partial charge < -0.3 is 16.0 Å². The van der Waals surface area contributed by atoms with Gasteiger partial charge in [0.25, 0.3) is 5.91 Å². The molecule has 23 heavy (non-hydrogen) atoms. The number of para-hydroxylation sites is 1. The number of urea groups is 1. The lowest BCUT2D eigenvalue weighted by molar-refractivity contribution is 0.0939. The first-order valence-corrected chi connectivity index (χ1v) is 7.62. The summed E-state index contributed by atoms with van der Waals surface area (Å²) < 4.78 is 0. The van der Waals surface area contributed by atoms with E-state index in [0.29, 0.717) is 11.3 Å². The van der Waals surface area contributed by atoms with Crippen molar-refractivity contribution in [1.29, 1.82) is 0 Å². The molecule has 0 aliphatic carbocycles. The quantitative estimate of drug-likeness (QED) is 0.784. The van der Waals surface area contributed by atoms with Crippen molar-refractivity contribution in [1.82, 2.24) is 5.32 Å². The molecule has 5 nitrogen and oxygen atoms in total. The van der Waals surface area contributed by atoms with Crippen molar-refractivity contribution >= 4 is 23.3 Å². The van der Waals surface area contributed by atoms with E-state index in [9.17, 15) is 9.59 Å². The Labute approximate surface area is 136 Å². The van der Waals surface area contributed by atoms with Crippen molar-refractivity contribution < 1.29 is 9.59 Å². The predicted octanol–water partition coefficient (Wildman–Crippen LogP) is 3.86. The van der Waals surface area contributed by atoms with Crippen LogP contribution in [0.15, 0.2) is 54.6 Å². The lowest BCUT2D eigenvalue weighted by atomic mass is 10.1. The normalized spacial score (nSPS) is 11.4. The smallest absolute Gasteiger partial charge is 0.323 e. The van der Waals surface area contributed by atoms with E-state index in [2.05, 4.69) is 16.0 Å². The molecule has 1 unspecified atom stereocenters. The van der Waals surface area contributed by atoms with Gasteiger partial charge in [0.2, 0.25) is 0 Å². The summed E-state index contributed by atoms with van der Waals surface area (Å²) in [4.78, 5) is 23.9. The second-order valence-corrected chi connectivity index (χ2v) is 5.31. The minimum atomic E-state index is -0.326. The molecule has 0 aliphatic heterocycles. The molecule has 2 aromatic carbocycles. The van der Waals surface area contributed by atoms with E-state index in [1.165, 1.54) is 0 Å². The van der Waals surface area contributed by atoms with E-state index in [1.807, 2.05) is 44.2 Å². The van der Waals surface area contributed by atoms with E-state index in [1.54, 1.807) is 24.3 Å². The zero-order valence-corrected chi connectivity index (χ0v) is 13.3. The molecule has 2 rings (SSSR count). The maximum Gasteiger partial charge on any atom is 0.323 e. The number of nitrogens with one attached hydrogen (secondary N) is 3. The Bertz CT molecular complexity index is 654. The van der Waals surface area contributed by atoms with Gasteiger partial charge in [0.05, 0.1) is 0 Å². The summed E-state index contributed by atoms with van der Waals surface area (Å²) >= 11 is 0. The number of hydrogen-bond donors (Lipinski definition) is 3. The predicted molar refractivity (Wildman–Crippen MR) is 92.7 cm³/mol. The molecule has 5 heteroatoms. The first kappa shape index (κ1) is 16.5. The number of anilines is 2. The molecule has 0 radical (unpaired) electrons. The minimum Gasteiger partial charge on any atom is -0.350 e. The number of benzene rings is 2. The maximum atomic E-state index is 12.0. The van der Waals surface area contributed by atoms with Gasteiger partial charge >= 0.3 is 6.03 Å². The van der Waals surface area contributed by atoms with Crippen molar-refractivity contribution in [3.05, 3.63) is 60.2 Å². The van der Waals surface area contributed by atoms with Crippen LogP contribution in [0, 0.1) is 0 Å². The molecular formula is C18H21N3O2. The SMILES string of the molecule is CCC(C)NC(=O)c1ccc(NC(=O)Nc2ccccc2)cc1. The van der Waals surface area contributed by atoms with E-state index in [0.717, 1.165) is 12.1 Å². The summed E-state index contributed by atoms with van der Waals surface area (Å²) in [7, 11) is 0. The molecule has 0 aromatic heterocycles. The largest absolute Gasteiger partial charge is 0.350 e. The van der Waals surface area contributed by atoms with Crippen molar-refractivity contribution in [2.45, 2.75) is 26.3 Å². The van der Waals surface area contributed by atoms with Crippen molar-refractivity contribution in [2.24, 2.45) is 0 Å². The zero-order chi connectivity index (χ0) is 16.7. The number of carbonyl (C=O) groups excluding carboxylic acids is 2. The molecule has 0 saturated carbocycles. The van der Waals surface area contributed by atoms with Crippen LogP contribution in [0.4, 0.5) is 16.2 Å². The van der Waals surface area contributed by atoms with Gasteiger partial charge in [-0.15, -0.1) is 0 Å². The molecular weight excluding hydrogens is 290 g/mol. The fraction of sp³-hybridized carbons (Fsp3) is 0.222. The third-order valence-corrected chi connectivity index (χ3v) is 3.43. The Hall–Kier alpha value is -2.82. The van der Waals surface area contributed by atoms with Gasteiger partial charge in [0, 0.05) is 23.0 Å². The third-order valence-electron chi connectivity index (χ3n) is 3.43. The Morgan fingerprint density at radius 3 is 2.04 bits per heavy atom. The van der Waals surface area contributed by atoms with E-state index in [-0.39, 0.29) is 18.0 Å². The van der Waals surface area contributed by atoms with Gasteiger partial charge in [0.15, 0.2) is 0 Å². The summed E-state index contributed by atoms with van der Waals surface area (Å²) in [6, 6.07) is 15.8. The first-order chi connectivity index (χ1) is 11.1. The highest BCUT2D eigenvalue weighted by atomic mass is 16.2. The van der Waals surface area contributed by atoms with E-state index in [4.69, 9.17) is 0 Å². The number of hydrogen-bond acceptors (Lipinski definition) is 2. The Kier molecular flexibility index (Phi) is 5.74. The standard InChI is InChI=1S/C18H21N3O2/c1-3-13(2)19-17(22)14-9-11-16(12-10-14)21-18(23)20-15-7-5-4-6-8-15/h4-13H,3H2,1-2H3,(H,19,22)(H2,20,21,23). The summed E-state index contributed by atoms with van der Waals surface area (Å²) in [5, 5.41) is 8.36. The highest BCUT2D eigenvalue weighted by Crippen LogP contribution is 2.11. The number of amides is 3. The molecule has 0 spiro atoms. The fourth-order valence-electron chi connectivity index (χ4n) is 1.93. The van der Waals surface area contributed by atoms with Gasteiger partial charge in [-0.2, -0.15) is 0 Å². The molecule has 0 bridgehead atoms. The Balaban J connectivity index is 1.92.